The van der Waals surface area contributed by atoms with Crippen LogP contribution in [0.5, 0.6) is 5.75 Å². The minimum absolute atomic E-state index is 0.0947. The van der Waals surface area contributed by atoms with Gasteiger partial charge in [-0.05, 0) is 18.2 Å². The summed E-state index contributed by atoms with van der Waals surface area (Å²) in [4.78, 5) is 11.9. The van der Waals surface area contributed by atoms with E-state index in [4.69, 9.17) is 14.6 Å². The van der Waals surface area contributed by atoms with Crippen molar-refractivity contribution in [3.8, 4) is 5.75 Å². The quantitative estimate of drug-likeness (QED) is 0.636. The first kappa shape index (κ1) is 11.2. The molecule has 84 valence electrons. The van der Waals surface area contributed by atoms with E-state index in [0.717, 1.165) is 10.7 Å². The van der Waals surface area contributed by atoms with Gasteiger partial charge in [0.25, 0.3) is 0 Å². The molecule has 5 heteroatoms. The fourth-order valence-corrected chi connectivity index (χ4v) is 1.86. The number of fused-ring (bicyclic) bond motifs is 1. The molecule has 1 aliphatic rings. The van der Waals surface area contributed by atoms with Crippen molar-refractivity contribution in [2.75, 3.05) is 7.11 Å². The van der Waals surface area contributed by atoms with Gasteiger partial charge in [0.15, 0.2) is 0 Å². The zero-order chi connectivity index (χ0) is 11.7. The number of methoxy groups -OCH3 is 1. The van der Waals surface area contributed by atoms with Gasteiger partial charge in [0.1, 0.15) is 11.3 Å². The number of hydrogen-bond donors (Lipinski definition) is 1. The highest BCUT2D eigenvalue weighted by molar-refractivity contribution is 9.10. The van der Waals surface area contributed by atoms with Crippen LogP contribution in [0.3, 0.4) is 0 Å². The van der Waals surface area contributed by atoms with Crippen molar-refractivity contribution in [3.05, 3.63) is 40.1 Å². The van der Waals surface area contributed by atoms with Gasteiger partial charge >= 0.3 is 0 Å². The maximum atomic E-state index is 11.9. The van der Waals surface area contributed by atoms with Crippen molar-refractivity contribution < 1.29 is 19.4 Å². The Labute approximate surface area is 101 Å². The molecule has 0 radical (unpaired) electrons. The average Bonchev–Trinajstić information content (AvgIpc) is 2.28. The number of carbonyl (C=O) groups is 1. The Morgan fingerprint density at radius 3 is 2.94 bits per heavy atom. The third-order valence-corrected chi connectivity index (χ3v) is 2.78. The van der Waals surface area contributed by atoms with E-state index in [1.807, 2.05) is 0 Å². The predicted molar refractivity (Wildman–Crippen MR) is 60.6 cm³/mol. The van der Waals surface area contributed by atoms with E-state index in [-0.39, 0.29) is 11.4 Å². The standard InChI is InChI=1S/C11H9BrO4/c1-15-11-8(5-13)10(14)7-3-2-6(12)4-9(7)16-11/h2-5,11,13H,1H3/b8-5+. The van der Waals surface area contributed by atoms with Gasteiger partial charge in [-0.3, -0.25) is 4.79 Å². The van der Waals surface area contributed by atoms with Gasteiger partial charge in [-0.25, -0.2) is 0 Å². The number of ether oxygens (including phenoxy) is 2. The van der Waals surface area contributed by atoms with Crippen LogP contribution in [0.25, 0.3) is 0 Å². The molecular formula is C11H9BrO4. The van der Waals surface area contributed by atoms with Crippen LogP contribution in [0.2, 0.25) is 0 Å². The Morgan fingerprint density at radius 2 is 2.31 bits per heavy atom. The van der Waals surface area contributed by atoms with Gasteiger partial charge in [0, 0.05) is 11.6 Å². The van der Waals surface area contributed by atoms with E-state index >= 15 is 0 Å². The highest BCUT2D eigenvalue weighted by Gasteiger charge is 2.32. The van der Waals surface area contributed by atoms with Crippen molar-refractivity contribution in [3.63, 3.8) is 0 Å². The molecule has 0 aromatic heterocycles. The Kier molecular flexibility index (Phi) is 2.98. The Morgan fingerprint density at radius 1 is 1.56 bits per heavy atom. The summed E-state index contributed by atoms with van der Waals surface area (Å²) in [6.07, 6.45) is -0.138. The third kappa shape index (κ3) is 1.72. The summed E-state index contributed by atoms with van der Waals surface area (Å²) in [5.41, 5.74) is 0.508. The lowest BCUT2D eigenvalue weighted by atomic mass is 10.0. The molecule has 0 saturated carbocycles. The van der Waals surface area contributed by atoms with Gasteiger partial charge in [-0.15, -0.1) is 0 Å². The van der Waals surface area contributed by atoms with Crippen LogP contribution < -0.4 is 4.74 Å². The molecule has 0 saturated heterocycles. The lowest BCUT2D eigenvalue weighted by Gasteiger charge is -2.25. The lowest BCUT2D eigenvalue weighted by Crippen LogP contribution is -2.31. The molecule has 1 aromatic rings. The molecule has 1 aromatic carbocycles. The van der Waals surface area contributed by atoms with Crippen LogP contribution in [-0.2, 0) is 4.74 Å². The second-order valence-electron chi connectivity index (χ2n) is 3.24. The molecule has 0 bridgehead atoms. The van der Waals surface area contributed by atoms with Crippen molar-refractivity contribution in [2.24, 2.45) is 0 Å². The van der Waals surface area contributed by atoms with Crippen LogP contribution in [0, 0.1) is 0 Å². The smallest absolute Gasteiger partial charge is 0.233 e. The fourth-order valence-electron chi connectivity index (χ4n) is 1.52. The summed E-state index contributed by atoms with van der Waals surface area (Å²) in [5, 5.41) is 8.99. The van der Waals surface area contributed by atoms with E-state index in [1.165, 1.54) is 7.11 Å². The summed E-state index contributed by atoms with van der Waals surface area (Å²) < 4.78 is 11.2. The topological polar surface area (TPSA) is 55.8 Å². The normalized spacial score (nSPS) is 21.8. The Balaban J connectivity index is 2.52. The van der Waals surface area contributed by atoms with E-state index in [2.05, 4.69) is 15.9 Å². The minimum Gasteiger partial charge on any atom is -0.515 e. The Bertz CT molecular complexity index is 467. The summed E-state index contributed by atoms with van der Waals surface area (Å²) >= 11 is 3.29. The number of benzene rings is 1. The van der Waals surface area contributed by atoms with Crippen LogP contribution in [0.15, 0.2) is 34.5 Å². The molecule has 4 nitrogen and oxygen atoms in total. The molecule has 2 rings (SSSR count). The number of Topliss-reactive ketones (excluding diaryl/α,β-unsaturated/α-hetero) is 1. The van der Waals surface area contributed by atoms with E-state index in [9.17, 15) is 4.79 Å². The van der Waals surface area contributed by atoms with E-state index in [0.29, 0.717) is 11.3 Å². The van der Waals surface area contributed by atoms with Crippen LogP contribution in [-0.4, -0.2) is 24.3 Å². The molecule has 0 fully saturated rings. The maximum Gasteiger partial charge on any atom is 0.233 e. The molecule has 16 heavy (non-hydrogen) atoms. The van der Waals surface area contributed by atoms with Gasteiger partial charge in [-0.1, -0.05) is 15.9 Å². The van der Waals surface area contributed by atoms with Gasteiger partial charge in [-0.2, -0.15) is 0 Å². The number of rotatable bonds is 1. The van der Waals surface area contributed by atoms with Crippen molar-refractivity contribution >= 4 is 21.7 Å². The second kappa shape index (κ2) is 4.27. The minimum atomic E-state index is -0.862. The molecular weight excluding hydrogens is 276 g/mol. The molecule has 1 aliphatic heterocycles. The summed E-state index contributed by atoms with van der Waals surface area (Å²) in [7, 11) is 1.41. The molecule has 1 heterocycles. The van der Waals surface area contributed by atoms with Crippen molar-refractivity contribution in [1.29, 1.82) is 0 Å². The van der Waals surface area contributed by atoms with Crippen LogP contribution in [0.4, 0.5) is 0 Å². The number of carbonyl (C=O) groups excluding carboxylic acids is 1. The maximum absolute atomic E-state index is 11.9. The van der Waals surface area contributed by atoms with Crippen molar-refractivity contribution in [2.45, 2.75) is 6.29 Å². The van der Waals surface area contributed by atoms with Crippen molar-refractivity contribution in [1.82, 2.24) is 0 Å². The van der Waals surface area contributed by atoms with Crippen LogP contribution >= 0.6 is 15.9 Å². The second-order valence-corrected chi connectivity index (χ2v) is 4.16. The summed E-state index contributed by atoms with van der Waals surface area (Å²) in [6.45, 7) is 0. The first-order valence-corrected chi connectivity index (χ1v) is 5.34. The highest BCUT2D eigenvalue weighted by atomic mass is 79.9. The number of ketones is 1. The number of hydrogen-bond acceptors (Lipinski definition) is 4. The summed E-state index contributed by atoms with van der Waals surface area (Å²) in [6, 6.07) is 5.06. The molecule has 0 amide bonds. The summed E-state index contributed by atoms with van der Waals surface area (Å²) in [5.74, 6) is 0.153. The number of aliphatic hydroxyl groups excluding tert-OH is 1. The molecule has 0 spiro atoms. The molecule has 1 atom stereocenters. The first-order chi connectivity index (χ1) is 7.67. The third-order valence-electron chi connectivity index (χ3n) is 2.29. The van der Waals surface area contributed by atoms with Crippen LogP contribution in [0.1, 0.15) is 10.4 Å². The van der Waals surface area contributed by atoms with Gasteiger partial charge < -0.3 is 14.6 Å². The van der Waals surface area contributed by atoms with Gasteiger partial charge in [0.2, 0.25) is 12.1 Å². The highest BCUT2D eigenvalue weighted by Crippen LogP contribution is 2.32. The average molecular weight is 285 g/mol. The predicted octanol–water partition coefficient (Wildman–Crippen LogP) is 2.44. The SMILES string of the molecule is COC1Oc2cc(Br)ccc2C(=O)/C1=C\O. The van der Waals surface area contributed by atoms with Gasteiger partial charge in [0.05, 0.1) is 11.8 Å². The number of halogens is 1. The molecule has 0 aliphatic carbocycles. The lowest BCUT2D eigenvalue weighted by molar-refractivity contribution is -0.0296. The zero-order valence-electron chi connectivity index (χ0n) is 8.44. The van der Waals surface area contributed by atoms with E-state index < -0.39 is 6.29 Å². The van der Waals surface area contributed by atoms with E-state index in [1.54, 1.807) is 18.2 Å². The number of aliphatic hydroxyl groups is 1. The Hall–Kier alpha value is -1.33. The zero-order valence-corrected chi connectivity index (χ0v) is 10.0. The molecule has 1 N–H and O–H groups in total. The fraction of sp³-hybridized carbons (Fsp3) is 0.182. The largest absolute Gasteiger partial charge is 0.515 e. The monoisotopic (exact) mass is 284 g/mol. The molecule has 1 unspecified atom stereocenters. The first-order valence-electron chi connectivity index (χ1n) is 4.55.